The van der Waals surface area contributed by atoms with Gasteiger partial charge >= 0.3 is 11.6 Å². The number of rotatable bonds is 9. The Balaban J connectivity index is 1.48. The van der Waals surface area contributed by atoms with Gasteiger partial charge in [-0.15, -0.1) is 0 Å². The van der Waals surface area contributed by atoms with Crippen molar-refractivity contribution in [1.82, 2.24) is 5.32 Å². The van der Waals surface area contributed by atoms with E-state index in [9.17, 15) is 19.8 Å². The minimum absolute atomic E-state index is 0.0281. The summed E-state index contributed by atoms with van der Waals surface area (Å²) in [6.45, 7) is 5.45. The van der Waals surface area contributed by atoms with Gasteiger partial charge in [0.15, 0.2) is 11.2 Å². The molecule has 0 radical (unpaired) electrons. The molecule has 1 aromatic heterocycles. The Morgan fingerprint density at radius 1 is 1.20 bits per heavy atom. The highest BCUT2D eigenvalue weighted by atomic mass is 16.6. The molecule has 5 atom stereocenters. The third-order valence-electron chi connectivity index (χ3n) is 9.87. The summed E-state index contributed by atoms with van der Waals surface area (Å²) in [5, 5.41) is 23.1. The number of hydrogen-bond acceptors (Lipinski definition) is 9. The number of esters is 1. The molecule has 0 amide bonds. The standard InChI is InChI=1S/C37H42N2O7/c1-4-22(2)34(42)46-36(3)18-24-9-5-6-10-29(24)33(25-11-12-32(38)39-20-25)37(36)19-28-16-26-15-27(14-23(21-41)8-7-13-40)35(43)44-30(26)17-31(28)45-37/h4-6,9-12,15-17,20,23,32-33,39-41H,7-8,13-14,18-19,21,38H2,1-3H3/b22-4+/t23-,32?,33+,36+,37-/m1/s1. The van der Waals surface area contributed by atoms with Crippen LogP contribution < -0.4 is 21.4 Å². The molecule has 0 fully saturated rings. The van der Waals surface area contributed by atoms with Crippen molar-refractivity contribution >= 4 is 16.9 Å². The fourth-order valence-corrected chi connectivity index (χ4v) is 7.24. The van der Waals surface area contributed by atoms with Crippen LogP contribution in [0.5, 0.6) is 5.75 Å². The van der Waals surface area contributed by atoms with Gasteiger partial charge in [0, 0.05) is 54.8 Å². The molecule has 5 N–H and O–H groups in total. The Morgan fingerprint density at radius 2 is 2.00 bits per heavy atom. The lowest BCUT2D eigenvalue weighted by Crippen LogP contribution is -2.65. The summed E-state index contributed by atoms with van der Waals surface area (Å²) in [4.78, 5) is 26.5. The van der Waals surface area contributed by atoms with Gasteiger partial charge in [0.05, 0.1) is 12.1 Å². The molecule has 6 rings (SSSR count). The minimum atomic E-state index is -1.10. The number of hydrogen-bond donors (Lipinski definition) is 4. The molecule has 0 bridgehead atoms. The van der Waals surface area contributed by atoms with Gasteiger partial charge in [-0.2, -0.15) is 0 Å². The molecule has 0 saturated heterocycles. The van der Waals surface area contributed by atoms with Crippen molar-refractivity contribution < 1.29 is 28.9 Å². The van der Waals surface area contributed by atoms with E-state index in [1.807, 2.05) is 56.5 Å². The largest absolute Gasteiger partial charge is 0.481 e. The van der Waals surface area contributed by atoms with Crippen LogP contribution >= 0.6 is 0 Å². The minimum Gasteiger partial charge on any atom is -0.481 e. The quantitative estimate of drug-likeness (QED) is 0.155. The van der Waals surface area contributed by atoms with Gasteiger partial charge in [0.25, 0.3) is 0 Å². The average Bonchev–Trinajstić information content (AvgIpc) is 3.42. The first-order valence-corrected chi connectivity index (χ1v) is 16.0. The second-order valence-corrected chi connectivity index (χ2v) is 12.9. The van der Waals surface area contributed by atoms with Gasteiger partial charge in [-0.3, -0.25) is 0 Å². The maximum atomic E-state index is 13.5. The molecule has 0 saturated carbocycles. The maximum Gasteiger partial charge on any atom is 0.339 e. The Bertz CT molecular complexity index is 1810. The molecular formula is C37H42N2O7. The second-order valence-electron chi connectivity index (χ2n) is 12.9. The zero-order valence-electron chi connectivity index (χ0n) is 26.5. The van der Waals surface area contributed by atoms with E-state index in [-0.39, 0.29) is 31.2 Å². The van der Waals surface area contributed by atoms with Crippen LogP contribution in [-0.2, 0) is 28.8 Å². The normalized spacial score (nSPS) is 25.8. The molecule has 1 spiro atoms. The van der Waals surface area contributed by atoms with Crippen LogP contribution in [0.25, 0.3) is 11.0 Å². The van der Waals surface area contributed by atoms with Crippen molar-refractivity contribution in [3.05, 3.63) is 111 Å². The fourth-order valence-electron chi connectivity index (χ4n) is 7.24. The van der Waals surface area contributed by atoms with E-state index < -0.39 is 22.8 Å². The molecule has 46 heavy (non-hydrogen) atoms. The van der Waals surface area contributed by atoms with E-state index in [1.165, 1.54) is 0 Å². The number of aliphatic hydroxyl groups excluding tert-OH is 2. The summed E-state index contributed by atoms with van der Waals surface area (Å²) in [5.74, 6) is -0.339. The molecule has 9 nitrogen and oxygen atoms in total. The van der Waals surface area contributed by atoms with Gasteiger partial charge in [0.1, 0.15) is 11.3 Å². The van der Waals surface area contributed by atoms with E-state index in [0.717, 1.165) is 27.6 Å². The van der Waals surface area contributed by atoms with Crippen molar-refractivity contribution in [3.63, 3.8) is 0 Å². The SMILES string of the molecule is C/C=C(\C)C(=O)O[C@@]1(C)Cc2ccccc2[C@H](C2=CNC(N)C=C2)[C@]12Cc1cc3cc(C[C@H](CO)CCCO)c(=O)oc3cc1O2. The lowest BCUT2D eigenvalue weighted by molar-refractivity contribution is -0.184. The van der Waals surface area contributed by atoms with Crippen LogP contribution in [0, 0.1) is 5.92 Å². The van der Waals surface area contributed by atoms with Crippen molar-refractivity contribution in [2.45, 2.75) is 76.2 Å². The molecule has 3 aromatic rings. The van der Waals surface area contributed by atoms with Gasteiger partial charge < -0.3 is 35.2 Å². The van der Waals surface area contributed by atoms with E-state index in [2.05, 4.69) is 17.4 Å². The van der Waals surface area contributed by atoms with Crippen LogP contribution in [-0.4, -0.2) is 46.8 Å². The highest BCUT2D eigenvalue weighted by Gasteiger charge is 2.64. The number of carbonyl (C=O) groups is 1. The molecule has 3 aliphatic rings. The molecule has 2 aliphatic heterocycles. The topological polar surface area (TPSA) is 144 Å². The Hall–Kier alpha value is -4.18. The first kappa shape index (κ1) is 31.8. The average molecular weight is 627 g/mol. The molecule has 2 aromatic carbocycles. The zero-order chi connectivity index (χ0) is 32.6. The predicted molar refractivity (Wildman–Crippen MR) is 175 cm³/mol. The fraction of sp³-hybridized carbons (Fsp3) is 0.405. The van der Waals surface area contributed by atoms with Crippen LogP contribution in [0.1, 0.15) is 61.8 Å². The van der Waals surface area contributed by atoms with E-state index in [0.29, 0.717) is 54.6 Å². The molecular weight excluding hydrogens is 584 g/mol. The zero-order valence-corrected chi connectivity index (χ0v) is 26.5. The summed E-state index contributed by atoms with van der Waals surface area (Å²) in [5.41, 5.74) is 8.89. The Kier molecular flexibility index (Phi) is 8.67. The van der Waals surface area contributed by atoms with Crippen molar-refractivity contribution in [1.29, 1.82) is 0 Å². The highest BCUT2D eigenvalue weighted by molar-refractivity contribution is 5.88. The van der Waals surface area contributed by atoms with Crippen LogP contribution in [0.15, 0.2) is 87.3 Å². The lowest BCUT2D eigenvalue weighted by Gasteiger charge is -2.53. The smallest absolute Gasteiger partial charge is 0.339 e. The summed E-state index contributed by atoms with van der Waals surface area (Å²) in [7, 11) is 0. The number of dihydropyridines is 1. The summed E-state index contributed by atoms with van der Waals surface area (Å²) >= 11 is 0. The number of fused-ring (bicyclic) bond motifs is 3. The number of nitrogens with two attached hydrogens (primary N) is 1. The van der Waals surface area contributed by atoms with Gasteiger partial charge in [0.2, 0.25) is 0 Å². The van der Waals surface area contributed by atoms with Gasteiger partial charge in [-0.25, -0.2) is 9.59 Å². The molecule has 242 valence electrons. The number of ether oxygens (including phenoxy) is 2. The molecule has 1 unspecified atom stereocenters. The first-order valence-electron chi connectivity index (χ1n) is 16.0. The van der Waals surface area contributed by atoms with Crippen LogP contribution in [0.2, 0.25) is 0 Å². The Morgan fingerprint density at radius 3 is 2.72 bits per heavy atom. The van der Waals surface area contributed by atoms with Crippen molar-refractivity contribution in [3.8, 4) is 5.75 Å². The van der Waals surface area contributed by atoms with Crippen LogP contribution in [0.4, 0.5) is 0 Å². The first-order chi connectivity index (χ1) is 22.1. The van der Waals surface area contributed by atoms with Gasteiger partial charge in [-0.1, -0.05) is 36.4 Å². The van der Waals surface area contributed by atoms with Gasteiger partial charge in [-0.05, 0) is 86.4 Å². The summed E-state index contributed by atoms with van der Waals surface area (Å²) in [6, 6.07) is 13.8. The molecule has 1 aliphatic carbocycles. The van der Waals surface area contributed by atoms with Crippen LogP contribution in [0.3, 0.4) is 0 Å². The van der Waals surface area contributed by atoms with Crippen molar-refractivity contribution in [2.75, 3.05) is 13.2 Å². The van der Waals surface area contributed by atoms with E-state index in [1.54, 1.807) is 19.1 Å². The summed E-state index contributed by atoms with van der Waals surface area (Å²) in [6.07, 6.45) is 9.61. The summed E-state index contributed by atoms with van der Waals surface area (Å²) < 4.78 is 19.4. The Labute approximate surface area is 268 Å². The number of aliphatic hydroxyl groups is 2. The molecule has 3 heterocycles. The van der Waals surface area contributed by atoms with Crippen molar-refractivity contribution in [2.24, 2.45) is 11.7 Å². The highest BCUT2D eigenvalue weighted by Crippen LogP contribution is 2.58. The lowest BCUT2D eigenvalue weighted by atomic mass is 9.59. The maximum absolute atomic E-state index is 13.5. The third kappa shape index (κ3) is 5.57. The number of carbonyl (C=O) groups excluding carboxylic acids is 1. The number of nitrogens with one attached hydrogen (secondary N) is 1. The molecule has 9 heteroatoms. The monoisotopic (exact) mass is 626 g/mol. The predicted octanol–water partition coefficient (Wildman–Crippen LogP) is 4.33. The number of allylic oxidation sites excluding steroid dienone is 2. The number of benzene rings is 2. The second kappa shape index (κ2) is 12.5. The van der Waals surface area contributed by atoms with E-state index >= 15 is 0 Å². The third-order valence-corrected chi connectivity index (χ3v) is 9.87. The van der Waals surface area contributed by atoms with E-state index in [4.69, 9.17) is 19.6 Å².